The standard InChI is InChI=1S/C27H34N4O9S/c1-14-6-10-20(11-7-14)37-13-22-29-31(27(41)30(22)19-8-9-19)26-23(28-15(2)32)25(39-18(5)35)24(38-17(4)34)21(40-26)12-36-16(3)33/h6-7,10-11,19,21,23-26H,8-9,12-13H2,1-5H3,(H,28,32)/t21-,23-,24-,25-,26-/m1/s1. The third kappa shape index (κ3) is 7.50. The lowest BCUT2D eigenvalue weighted by Gasteiger charge is -2.45. The molecule has 2 aliphatic rings. The van der Waals surface area contributed by atoms with E-state index in [2.05, 4.69) is 5.32 Å². The molecule has 1 saturated carbocycles. The Morgan fingerprint density at radius 1 is 1.00 bits per heavy atom. The van der Waals surface area contributed by atoms with Gasteiger partial charge in [0.15, 0.2) is 24.3 Å². The number of hydrogen-bond donors (Lipinski definition) is 1. The van der Waals surface area contributed by atoms with Gasteiger partial charge in [-0.05, 0) is 44.1 Å². The van der Waals surface area contributed by atoms with Crippen LogP contribution in [-0.2, 0) is 44.7 Å². The molecule has 0 bridgehead atoms. The first-order chi connectivity index (χ1) is 19.4. The lowest BCUT2D eigenvalue weighted by atomic mass is 9.95. The number of nitrogens with one attached hydrogen (secondary N) is 1. The molecule has 1 aliphatic carbocycles. The van der Waals surface area contributed by atoms with Crippen molar-refractivity contribution in [1.82, 2.24) is 19.7 Å². The summed E-state index contributed by atoms with van der Waals surface area (Å²) in [5.41, 5.74) is 1.10. The SMILES string of the molecule is CC(=O)N[C@@H]1[C@@H](OC(C)=O)[C@H](OC(C)=O)[C@@H](COC(C)=O)O[C@H]1n1nc(COc2ccc(C)cc2)n(C2CC2)c1=S. The molecule has 0 radical (unpaired) electrons. The normalized spacial score (nSPS) is 23.8. The molecule has 5 atom stereocenters. The zero-order valence-corrected chi connectivity index (χ0v) is 24.3. The van der Waals surface area contributed by atoms with Crippen LogP contribution in [0.4, 0.5) is 0 Å². The van der Waals surface area contributed by atoms with Crippen LogP contribution in [-0.4, -0.2) is 69.1 Å². The number of aryl methyl sites for hydroxylation is 1. The van der Waals surface area contributed by atoms with E-state index in [1.807, 2.05) is 35.8 Å². The van der Waals surface area contributed by atoms with E-state index in [4.69, 9.17) is 41.0 Å². The first kappa shape index (κ1) is 30.2. The van der Waals surface area contributed by atoms with E-state index in [1.54, 1.807) is 0 Å². The van der Waals surface area contributed by atoms with Crippen LogP contribution < -0.4 is 10.1 Å². The number of amides is 1. The zero-order chi connectivity index (χ0) is 29.8. The Labute approximate surface area is 242 Å². The largest absolute Gasteiger partial charge is 0.486 e. The Morgan fingerprint density at radius 3 is 2.20 bits per heavy atom. The van der Waals surface area contributed by atoms with Crippen LogP contribution in [0.3, 0.4) is 0 Å². The second-order valence-corrected chi connectivity index (χ2v) is 10.5. The van der Waals surface area contributed by atoms with Crippen molar-refractivity contribution in [2.24, 2.45) is 0 Å². The topological polar surface area (TPSA) is 149 Å². The molecular weight excluding hydrogens is 556 g/mol. The van der Waals surface area contributed by atoms with Crippen LogP contribution in [0.25, 0.3) is 0 Å². The van der Waals surface area contributed by atoms with E-state index in [9.17, 15) is 19.2 Å². The number of benzene rings is 1. The molecule has 1 aromatic carbocycles. The van der Waals surface area contributed by atoms with Gasteiger partial charge in [0.25, 0.3) is 0 Å². The van der Waals surface area contributed by atoms with Crippen LogP contribution in [0.5, 0.6) is 5.75 Å². The second-order valence-electron chi connectivity index (χ2n) is 10.1. The third-order valence-corrected chi connectivity index (χ3v) is 6.92. The fraction of sp³-hybridized carbons (Fsp3) is 0.556. The minimum Gasteiger partial charge on any atom is -0.486 e. The van der Waals surface area contributed by atoms with Crippen molar-refractivity contribution in [3.63, 3.8) is 0 Å². The molecule has 1 aliphatic heterocycles. The number of hydrogen-bond acceptors (Lipinski definition) is 11. The molecule has 2 aromatic rings. The average Bonchev–Trinajstić information content (AvgIpc) is 3.67. The van der Waals surface area contributed by atoms with E-state index >= 15 is 0 Å². The molecule has 2 heterocycles. The van der Waals surface area contributed by atoms with Crippen molar-refractivity contribution in [3.05, 3.63) is 40.4 Å². The number of aromatic nitrogens is 3. The first-order valence-electron chi connectivity index (χ1n) is 13.2. The molecule has 1 saturated heterocycles. The summed E-state index contributed by atoms with van der Waals surface area (Å²) in [4.78, 5) is 48.2. The van der Waals surface area contributed by atoms with Crippen molar-refractivity contribution in [1.29, 1.82) is 0 Å². The van der Waals surface area contributed by atoms with Gasteiger partial charge in [-0.15, -0.1) is 0 Å². The smallest absolute Gasteiger partial charge is 0.303 e. The molecule has 41 heavy (non-hydrogen) atoms. The highest BCUT2D eigenvalue weighted by molar-refractivity contribution is 7.71. The molecule has 14 heteroatoms. The summed E-state index contributed by atoms with van der Waals surface area (Å²) in [7, 11) is 0. The maximum Gasteiger partial charge on any atom is 0.303 e. The van der Waals surface area contributed by atoms with Crippen molar-refractivity contribution in [2.45, 2.75) is 90.7 Å². The molecule has 1 aromatic heterocycles. The van der Waals surface area contributed by atoms with Crippen molar-refractivity contribution in [3.8, 4) is 5.75 Å². The second kappa shape index (κ2) is 12.8. The highest BCUT2D eigenvalue weighted by atomic mass is 32.1. The van der Waals surface area contributed by atoms with Gasteiger partial charge in [-0.25, -0.2) is 4.68 Å². The minimum absolute atomic E-state index is 0.105. The molecule has 0 unspecified atom stereocenters. The maximum atomic E-state index is 12.3. The van der Waals surface area contributed by atoms with Gasteiger partial charge in [0.05, 0.1) is 0 Å². The van der Waals surface area contributed by atoms with Gasteiger partial charge >= 0.3 is 17.9 Å². The molecule has 4 rings (SSSR count). The summed E-state index contributed by atoms with van der Waals surface area (Å²) >= 11 is 5.83. The predicted molar refractivity (Wildman–Crippen MR) is 144 cm³/mol. The summed E-state index contributed by atoms with van der Waals surface area (Å²) in [6.45, 7) is 6.64. The minimum atomic E-state index is -1.22. The van der Waals surface area contributed by atoms with Crippen molar-refractivity contribution in [2.75, 3.05) is 6.61 Å². The molecule has 1 amide bonds. The zero-order valence-electron chi connectivity index (χ0n) is 23.5. The van der Waals surface area contributed by atoms with Gasteiger partial charge in [0.2, 0.25) is 10.7 Å². The number of carbonyl (C=O) groups excluding carboxylic acids is 4. The quantitative estimate of drug-likeness (QED) is 0.247. The summed E-state index contributed by atoms with van der Waals surface area (Å²) in [6.07, 6.45) is -2.84. The summed E-state index contributed by atoms with van der Waals surface area (Å²) < 4.78 is 32.2. The predicted octanol–water partition coefficient (Wildman–Crippen LogP) is 2.47. The van der Waals surface area contributed by atoms with Gasteiger partial charge in [-0.1, -0.05) is 17.7 Å². The molecule has 0 spiro atoms. The summed E-state index contributed by atoms with van der Waals surface area (Å²) in [5.74, 6) is -1.24. The third-order valence-electron chi connectivity index (χ3n) is 6.54. The van der Waals surface area contributed by atoms with E-state index in [0.29, 0.717) is 16.3 Å². The van der Waals surface area contributed by atoms with Crippen LogP contribution >= 0.6 is 12.2 Å². The maximum absolute atomic E-state index is 12.3. The first-order valence-corrected chi connectivity index (χ1v) is 13.6. The number of esters is 3. The Balaban J connectivity index is 1.76. The van der Waals surface area contributed by atoms with E-state index in [0.717, 1.165) is 18.4 Å². The number of rotatable bonds is 10. The fourth-order valence-corrected chi connectivity index (χ4v) is 5.10. The monoisotopic (exact) mass is 590 g/mol. The van der Waals surface area contributed by atoms with Crippen molar-refractivity contribution >= 4 is 36.0 Å². The van der Waals surface area contributed by atoms with E-state index in [1.165, 1.54) is 32.4 Å². The molecule has 222 valence electrons. The molecule has 2 fully saturated rings. The fourth-order valence-electron chi connectivity index (χ4n) is 4.70. The van der Waals surface area contributed by atoms with Crippen LogP contribution in [0.15, 0.2) is 24.3 Å². The summed E-state index contributed by atoms with van der Waals surface area (Å²) in [6, 6.07) is 6.64. The van der Waals surface area contributed by atoms with Crippen molar-refractivity contribution < 1.29 is 42.9 Å². The van der Waals surface area contributed by atoms with Crippen LogP contribution in [0, 0.1) is 11.7 Å². The number of ether oxygens (including phenoxy) is 5. The lowest BCUT2D eigenvalue weighted by molar-refractivity contribution is -0.239. The van der Waals surface area contributed by atoms with Gasteiger partial charge in [-0.3, -0.25) is 23.7 Å². The summed E-state index contributed by atoms with van der Waals surface area (Å²) in [5, 5.41) is 7.48. The highest BCUT2D eigenvalue weighted by Crippen LogP contribution is 2.38. The van der Waals surface area contributed by atoms with Gasteiger partial charge in [-0.2, -0.15) is 5.10 Å². The van der Waals surface area contributed by atoms with Gasteiger partial charge in [0, 0.05) is 33.7 Å². The Bertz CT molecular complexity index is 1350. The number of carbonyl (C=O) groups is 4. The Hall–Kier alpha value is -3.78. The molecule has 1 N–H and O–H groups in total. The number of nitrogens with zero attached hydrogens (tertiary/aromatic N) is 3. The highest BCUT2D eigenvalue weighted by Gasteiger charge is 2.52. The van der Waals surface area contributed by atoms with Crippen LogP contribution in [0.1, 0.15) is 64.2 Å². The average molecular weight is 591 g/mol. The van der Waals surface area contributed by atoms with E-state index in [-0.39, 0.29) is 19.3 Å². The Kier molecular flexibility index (Phi) is 9.43. The molecule has 13 nitrogen and oxygen atoms in total. The molecular formula is C27H34N4O9S. The Morgan fingerprint density at radius 2 is 1.63 bits per heavy atom. The van der Waals surface area contributed by atoms with Gasteiger partial charge < -0.3 is 29.0 Å². The van der Waals surface area contributed by atoms with Gasteiger partial charge in [0.1, 0.15) is 31.1 Å². The van der Waals surface area contributed by atoms with Crippen LogP contribution in [0.2, 0.25) is 0 Å². The lowest BCUT2D eigenvalue weighted by Crippen LogP contribution is -2.64. The van der Waals surface area contributed by atoms with E-state index < -0.39 is 54.4 Å².